The molecule has 0 fully saturated rings. The van der Waals surface area contributed by atoms with Gasteiger partial charge in [-0.15, -0.1) is 0 Å². The van der Waals surface area contributed by atoms with Crippen LogP contribution in [0.25, 0.3) is 0 Å². The van der Waals surface area contributed by atoms with Crippen LogP contribution in [-0.2, 0) is 19.1 Å². The standard InChI is InChI=1S/C20H19N3O7/c1-3-29-19(25)17(20(26)30-4-2)22-21-16-11-10-14(23(27)28)12-15(16)18(24)13-8-6-5-7-9-13/h5-12,17H,3-4H2,1-2H3. The number of rotatable bonds is 9. The molecule has 10 heteroatoms. The van der Waals surface area contributed by atoms with Crippen LogP contribution in [0, 0.1) is 10.1 Å². The Balaban J connectivity index is 2.48. The lowest BCUT2D eigenvalue weighted by molar-refractivity contribution is -0.384. The van der Waals surface area contributed by atoms with Gasteiger partial charge in [-0.3, -0.25) is 14.9 Å². The molecular formula is C20H19N3O7. The first-order valence-electron chi connectivity index (χ1n) is 9.01. The van der Waals surface area contributed by atoms with Gasteiger partial charge in [0.1, 0.15) is 0 Å². The smallest absolute Gasteiger partial charge is 0.344 e. The third kappa shape index (κ3) is 5.53. The van der Waals surface area contributed by atoms with Crippen LogP contribution in [0.2, 0.25) is 0 Å². The predicted molar refractivity (Wildman–Crippen MR) is 105 cm³/mol. The quantitative estimate of drug-likeness (QED) is 0.153. The van der Waals surface area contributed by atoms with Gasteiger partial charge in [-0.05, 0) is 19.9 Å². The highest BCUT2D eigenvalue weighted by Gasteiger charge is 2.30. The van der Waals surface area contributed by atoms with Crippen LogP contribution in [0.15, 0.2) is 58.8 Å². The number of nitrogens with zero attached hydrogens (tertiary/aromatic N) is 3. The maximum atomic E-state index is 12.9. The maximum Gasteiger partial charge on any atom is 0.344 e. The summed E-state index contributed by atoms with van der Waals surface area (Å²) in [5.74, 6) is -2.45. The number of carbonyl (C=O) groups is 3. The second kappa shape index (κ2) is 10.6. The molecule has 0 bridgehead atoms. The molecule has 0 spiro atoms. The first-order valence-corrected chi connectivity index (χ1v) is 9.01. The monoisotopic (exact) mass is 413 g/mol. The van der Waals surface area contributed by atoms with Gasteiger partial charge in [0, 0.05) is 17.7 Å². The van der Waals surface area contributed by atoms with Gasteiger partial charge in [-0.1, -0.05) is 30.3 Å². The summed E-state index contributed by atoms with van der Waals surface area (Å²) in [6.45, 7) is 3.15. The van der Waals surface area contributed by atoms with Crippen LogP contribution in [0.3, 0.4) is 0 Å². The summed E-state index contributed by atoms with van der Waals surface area (Å²) in [4.78, 5) is 47.4. The SMILES string of the molecule is CCOC(=O)C(N=Nc1ccc([N+](=O)[O-])cc1C(=O)c1ccccc1)C(=O)OCC. The molecule has 0 aliphatic carbocycles. The second-order valence-corrected chi connectivity index (χ2v) is 5.78. The average Bonchev–Trinajstić information content (AvgIpc) is 2.74. The summed E-state index contributed by atoms with van der Waals surface area (Å²) in [5.41, 5.74) is -0.194. The number of nitro benzene ring substituents is 1. The average molecular weight is 413 g/mol. The lowest BCUT2D eigenvalue weighted by Crippen LogP contribution is -2.31. The molecule has 0 aliphatic heterocycles. The van der Waals surface area contributed by atoms with Gasteiger partial charge in [-0.25, -0.2) is 9.59 Å². The Bertz CT molecular complexity index is 956. The van der Waals surface area contributed by atoms with Gasteiger partial charge in [0.05, 0.1) is 29.4 Å². The van der Waals surface area contributed by atoms with Crippen molar-refractivity contribution in [3.05, 3.63) is 69.8 Å². The van der Waals surface area contributed by atoms with Crippen molar-refractivity contribution in [3.63, 3.8) is 0 Å². The van der Waals surface area contributed by atoms with E-state index in [1.165, 1.54) is 6.07 Å². The minimum Gasteiger partial charge on any atom is -0.464 e. The predicted octanol–water partition coefficient (Wildman–Crippen LogP) is 3.40. The number of nitro groups is 1. The van der Waals surface area contributed by atoms with E-state index in [4.69, 9.17) is 9.47 Å². The number of benzene rings is 2. The zero-order valence-electron chi connectivity index (χ0n) is 16.3. The van der Waals surface area contributed by atoms with E-state index in [0.29, 0.717) is 0 Å². The van der Waals surface area contributed by atoms with Crippen LogP contribution < -0.4 is 0 Å². The van der Waals surface area contributed by atoms with Crippen molar-refractivity contribution < 1.29 is 28.8 Å². The number of carbonyl (C=O) groups excluding carboxylic acids is 3. The van der Waals surface area contributed by atoms with Crippen LogP contribution in [0.4, 0.5) is 11.4 Å². The van der Waals surface area contributed by atoms with E-state index in [9.17, 15) is 24.5 Å². The van der Waals surface area contributed by atoms with Crippen molar-refractivity contribution in [2.45, 2.75) is 19.9 Å². The number of ether oxygens (including phenoxy) is 2. The third-order valence-electron chi connectivity index (χ3n) is 3.77. The molecule has 30 heavy (non-hydrogen) atoms. The minimum absolute atomic E-state index is 0.0134. The van der Waals surface area contributed by atoms with E-state index in [1.54, 1.807) is 44.2 Å². The molecular weight excluding hydrogens is 394 g/mol. The van der Waals surface area contributed by atoms with Crippen molar-refractivity contribution in [3.8, 4) is 0 Å². The third-order valence-corrected chi connectivity index (χ3v) is 3.77. The van der Waals surface area contributed by atoms with Gasteiger partial charge >= 0.3 is 11.9 Å². The van der Waals surface area contributed by atoms with Gasteiger partial charge in [-0.2, -0.15) is 10.2 Å². The highest BCUT2D eigenvalue weighted by atomic mass is 16.6. The maximum absolute atomic E-state index is 12.9. The molecule has 0 aliphatic rings. The highest BCUT2D eigenvalue weighted by molar-refractivity contribution is 6.12. The summed E-state index contributed by atoms with van der Waals surface area (Å²) in [6.07, 6.45) is 0. The van der Waals surface area contributed by atoms with E-state index >= 15 is 0 Å². The van der Waals surface area contributed by atoms with Crippen molar-refractivity contribution >= 4 is 29.1 Å². The molecule has 0 atom stereocenters. The van der Waals surface area contributed by atoms with Gasteiger partial charge in [0.2, 0.25) is 0 Å². The largest absolute Gasteiger partial charge is 0.464 e. The summed E-state index contributed by atoms with van der Waals surface area (Å²) < 4.78 is 9.62. The fourth-order valence-corrected chi connectivity index (χ4v) is 2.40. The second-order valence-electron chi connectivity index (χ2n) is 5.78. The van der Waals surface area contributed by atoms with E-state index < -0.39 is 28.7 Å². The number of hydrogen-bond acceptors (Lipinski definition) is 9. The normalized spacial score (nSPS) is 10.8. The lowest BCUT2D eigenvalue weighted by Gasteiger charge is -2.10. The number of non-ortho nitro benzene ring substituents is 1. The fourth-order valence-electron chi connectivity index (χ4n) is 2.40. The number of hydrogen-bond donors (Lipinski definition) is 0. The Hall–Kier alpha value is -3.95. The Morgan fingerprint density at radius 3 is 2.13 bits per heavy atom. The number of azo groups is 1. The molecule has 0 heterocycles. The number of esters is 2. The van der Waals surface area contributed by atoms with Crippen LogP contribution in [-0.4, -0.2) is 41.9 Å². The van der Waals surface area contributed by atoms with E-state index in [2.05, 4.69) is 10.2 Å². The Morgan fingerprint density at radius 2 is 1.60 bits per heavy atom. The summed E-state index contributed by atoms with van der Waals surface area (Å²) in [7, 11) is 0. The first kappa shape index (κ1) is 22.3. The van der Waals surface area contributed by atoms with Crippen molar-refractivity contribution in [2.75, 3.05) is 13.2 Å². The minimum atomic E-state index is -1.68. The Morgan fingerprint density at radius 1 is 1.00 bits per heavy atom. The lowest BCUT2D eigenvalue weighted by atomic mass is 10.0. The van der Waals surface area contributed by atoms with Gasteiger partial charge in [0.15, 0.2) is 5.78 Å². The molecule has 2 aromatic carbocycles. The zero-order chi connectivity index (χ0) is 22.1. The van der Waals surface area contributed by atoms with Crippen LogP contribution >= 0.6 is 0 Å². The summed E-state index contributed by atoms with van der Waals surface area (Å²) in [5, 5.41) is 18.7. The van der Waals surface area contributed by atoms with E-state index in [1.807, 2.05) is 0 Å². The molecule has 156 valence electrons. The molecule has 0 aromatic heterocycles. The number of ketones is 1. The van der Waals surface area contributed by atoms with Crippen LogP contribution in [0.1, 0.15) is 29.8 Å². The van der Waals surface area contributed by atoms with Crippen molar-refractivity contribution in [1.29, 1.82) is 0 Å². The molecule has 10 nitrogen and oxygen atoms in total. The molecule has 2 aromatic rings. The van der Waals surface area contributed by atoms with Gasteiger partial charge in [0.25, 0.3) is 11.7 Å². The van der Waals surface area contributed by atoms with Crippen LogP contribution in [0.5, 0.6) is 0 Å². The molecule has 0 unspecified atom stereocenters. The Labute approximate surface area is 171 Å². The molecule has 0 amide bonds. The zero-order valence-corrected chi connectivity index (χ0v) is 16.3. The molecule has 2 rings (SSSR count). The van der Waals surface area contributed by atoms with E-state index in [0.717, 1.165) is 12.1 Å². The molecule has 0 radical (unpaired) electrons. The summed E-state index contributed by atoms with van der Waals surface area (Å²) >= 11 is 0. The van der Waals surface area contributed by atoms with E-state index in [-0.39, 0.29) is 35.7 Å². The fraction of sp³-hybridized carbons (Fsp3) is 0.250. The topological polar surface area (TPSA) is 138 Å². The molecule has 0 N–H and O–H groups in total. The first-order chi connectivity index (χ1) is 14.4. The molecule has 0 saturated heterocycles. The summed E-state index contributed by atoms with van der Waals surface area (Å²) in [6, 6.07) is 9.82. The highest BCUT2D eigenvalue weighted by Crippen LogP contribution is 2.27. The van der Waals surface area contributed by atoms with Crippen molar-refractivity contribution in [2.24, 2.45) is 10.2 Å². The van der Waals surface area contributed by atoms with Crippen molar-refractivity contribution in [1.82, 2.24) is 0 Å². The molecule has 0 saturated carbocycles. The van der Waals surface area contributed by atoms with Gasteiger partial charge < -0.3 is 9.47 Å². The Kier molecular flexibility index (Phi) is 7.86.